The van der Waals surface area contributed by atoms with Crippen LogP contribution in [-0.2, 0) is 6.54 Å². The highest BCUT2D eigenvalue weighted by Gasteiger charge is 2.10. The highest BCUT2D eigenvalue weighted by atomic mass is 32.1. The first-order chi connectivity index (χ1) is 12.6. The summed E-state index contributed by atoms with van der Waals surface area (Å²) in [6, 6.07) is 18.0. The van der Waals surface area contributed by atoms with E-state index < -0.39 is 6.10 Å². The quantitative estimate of drug-likeness (QED) is 0.565. The van der Waals surface area contributed by atoms with E-state index in [4.69, 9.17) is 10.5 Å². The van der Waals surface area contributed by atoms with Crippen molar-refractivity contribution in [3.63, 3.8) is 0 Å². The van der Waals surface area contributed by atoms with Crippen LogP contribution in [0.1, 0.15) is 11.1 Å². The van der Waals surface area contributed by atoms with E-state index in [-0.39, 0.29) is 6.61 Å². The molecule has 0 aliphatic carbocycles. The van der Waals surface area contributed by atoms with Crippen molar-refractivity contribution in [2.24, 2.45) is 0 Å². The summed E-state index contributed by atoms with van der Waals surface area (Å²) in [5.74, 6) is 0.780. The molecule has 3 rings (SSSR count). The number of rotatable bonds is 8. The number of hydrogen-bond acceptors (Lipinski definition) is 5. The second-order valence-electron chi connectivity index (χ2n) is 6.27. The van der Waals surface area contributed by atoms with E-state index in [0.717, 1.165) is 33.0 Å². The lowest BCUT2D eigenvalue weighted by Gasteiger charge is -2.15. The predicted molar refractivity (Wildman–Crippen MR) is 109 cm³/mol. The van der Waals surface area contributed by atoms with Gasteiger partial charge in [0.15, 0.2) is 0 Å². The molecule has 26 heavy (non-hydrogen) atoms. The summed E-state index contributed by atoms with van der Waals surface area (Å²) in [5.41, 5.74) is 10.6. The van der Waals surface area contributed by atoms with E-state index in [1.165, 1.54) is 0 Å². The molecule has 0 saturated heterocycles. The molecule has 0 aliphatic heterocycles. The first kappa shape index (κ1) is 18.5. The Hall–Kier alpha value is -2.34. The van der Waals surface area contributed by atoms with Gasteiger partial charge in [-0.2, -0.15) is 0 Å². The minimum atomic E-state index is -0.575. The monoisotopic (exact) mass is 368 g/mol. The van der Waals surface area contributed by atoms with Gasteiger partial charge in [-0.05, 0) is 47.2 Å². The van der Waals surface area contributed by atoms with Crippen molar-refractivity contribution >= 4 is 16.3 Å². The third-order valence-corrected chi connectivity index (χ3v) is 4.88. The van der Waals surface area contributed by atoms with Crippen molar-refractivity contribution < 1.29 is 9.84 Å². The molecular formula is C21H24N2O2S. The summed E-state index contributed by atoms with van der Waals surface area (Å²) < 4.78 is 5.64. The Kier molecular flexibility index (Phi) is 6.28. The first-order valence-electron chi connectivity index (χ1n) is 8.63. The van der Waals surface area contributed by atoms with Gasteiger partial charge in [-0.3, -0.25) is 0 Å². The second-order valence-corrected chi connectivity index (χ2v) is 7.22. The number of nitrogens with one attached hydrogen (secondary N) is 1. The van der Waals surface area contributed by atoms with Crippen LogP contribution < -0.4 is 15.8 Å². The zero-order valence-corrected chi connectivity index (χ0v) is 15.6. The Morgan fingerprint density at radius 1 is 1.12 bits per heavy atom. The normalized spacial score (nSPS) is 12.1. The Bertz CT molecular complexity index is 847. The van der Waals surface area contributed by atoms with Crippen LogP contribution in [0, 0.1) is 6.92 Å². The van der Waals surface area contributed by atoms with E-state index >= 15 is 0 Å². The molecule has 1 heterocycles. The van der Waals surface area contributed by atoms with Crippen LogP contribution in [0.3, 0.4) is 0 Å². The van der Waals surface area contributed by atoms with Crippen LogP contribution in [0.15, 0.2) is 60.0 Å². The number of aryl methyl sites for hydroxylation is 1. The summed E-state index contributed by atoms with van der Waals surface area (Å²) in [6.07, 6.45) is -0.575. The van der Waals surface area contributed by atoms with Crippen LogP contribution in [0.2, 0.25) is 0 Å². The zero-order chi connectivity index (χ0) is 18.4. The number of aliphatic hydroxyl groups excluding tert-OH is 1. The average Bonchev–Trinajstić information content (AvgIpc) is 3.06. The maximum Gasteiger partial charge on any atom is 0.119 e. The number of nitrogen functional groups attached to an aromatic ring is 1. The van der Waals surface area contributed by atoms with Gasteiger partial charge in [-0.25, -0.2) is 0 Å². The van der Waals surface area contributed by atoms with Crippen molar-refractivity contribution in [1.29, 1.82) is 0 Å². The van der Waals surface area contributed by atoms with Crippen LogP contribution >= 0.6 is 11.3 Å². The van der Waals surface area contributed by atoms with Gasteiger partial charge < -0.3 is 20.9 Å². The fraction of sp³-hybridized carbons (Fsp3) is 0.238. The largest absolute Gasteiger partial charge is 0.491 e. The third-order valence-electron chi connectivity index (χ3n) is 4.13. The number of thiophene rings is 1. The molecule has 1 unspecified atom stereocenters. The smallest absolute Gasteiger partial charge is 0.119 e. The molecule has 4 nitrogen and oxygen atoms in total. The molecule has 0 radical (unpaired) electrons. The fourth-order valence-corrected chi connectivity index (χ4v) is 3.47. The van der Waals surface area contributed by atoms with Crippen molar-refractivity contribution in [1.82, 2.24) is 5.32 Å². The Balaban J connectivity index is 1.51. The van der Waals surface area contributed by atoms with Gasteiger partial charge in [0, 0.05) is 18.7 Å². The second kappa shape index (κ2) is 8.85. The first-order valence-corrected chi connectivity index (χ1v) is 9.51. The minimum absolute atomic E-state index is 0.260. The van der Waals surface area contributed by atoms with Gasteiger partial charge in [0.1, 0.15) is 18.5 Å². The van der Waals surface area contributed by atoms with E-state index in [0.29, 0.717) is 13.1 Å². The number of hydrogen-bond donors (Lipinski definition) is 3. The van der Waals surface area contributed by atoms with Crippen LogP contribution in [0.25, 0.3) is 11.1 Å². The van der Waals surface area contributed by atoms with Crippen molar-refractivity contribution in [2.45, 2.75) is 19.6 Å². The van der Waals surface area contributed by atoms with Crippen LogP contribution in [-0.4, -0.2) is 24.4 Å². The molecule has 1 atom stereocenters. The highest BCUT2D eigenvalue weighted by molar-refractivity contribution is 7.14. The lowest BCUT2D eigenvalue weighted by atomic mass is 10.0. The molecule has 4 N–H and O–H groups in total. The summed E-state index contributed by atoms with van der Waals surface area (Å²) in [4.78, 5) is 0. The molecule has 0 saturated carbocycles. The Morgan fingerprint density at radius 2 is 1.96 bits per heavy atom. The highest BCUT2D eigenvalue weighted by Crippen LogP contribution is 2.32. The molecule has 0 fully saturated rings. The van der Waals surface area contributed by atoms with Gasteiger partial charge in [-0.1, -0.05) is 36.4 Å². The van der Waals surface area contributed by atoms with Crippen molar-refractivity contribution in [3.05, 3.63) is 71.1 Å². The Morgan fingerprint density at radius 3 is 2.73 bits per heavy atom. The molecule has 3 aromatic rings. The zero-order valence-electron chi connectivity index (χ0n) is 14.8. The molecule has 0 aliphatic rings. The van der Waals surface area contributed by atoms with Crippen molar-refractivity contribution in [3.8, 4) is 16.9 Å². The van der Waals surface area contributed by atoms with Gasteiger partial charge in [0.25, 0.3) is 0 Å². The van der Waals surface area contributed by atoms with Gasteiger partial charge in [0.2, 0.25) is 0 Å². The molecule has 0 amide bonds. The van der Waals surface area contributed by atoms with Crippen LogP contribution in [0.4, 0.5) is 5.00 Å². The lowest BCUT2D eigenvalue weighted by molar-refractivity contribution is 0.106. The standard InChI is InChI=1S/C21H24N2O2S/c1-15-5-4-7-18(11-15)25-14-17(24)13-23-12-16-6-2-3-8-19(16)20-9-10-26-21(20)22/h2-11,17,23-24H,12-14,22H2,1H3. The maximum absolute atomic E-state index is 10.1. The molecule has 0 spiro atoms. The van der Waals surface area contributed by atoms with Gasteiger partial charge in [0.05, 0.1) is 5.00 Å². The topological polar surface area (TPSA) is 67.5 Å². The van der Waals surface area contributed by atoms with E-state index in [1.807, 2.05) is 54.8 Å². The van der Waals surface area contributed by atoms with Gasteiger partial charge >= 0.3 is 0 Å². The molecule has 1 aromatic heterocycles. The maximum atomic E-state index is 10.1. The predicted octanol–water partition coefficient (Wildman–Crippen LogP) is 3.84. The third kappa shape index (κ3) is 4.85. The number of anilines is 1. The molecular weight excluding hydrogens is 344 g/mol. The summed E-state index contributed by atoms with van der Waals surface area (Å²) in [6.45, 7) is 3.39. The fourth-order valence-electron chi connectivity index (χ4n) is 2.81. The number of nitrogens with two attached hydrogens (primary N) is 1. The van der Waals surface area contributed by atoms with Gasteiger partial charge in [-0.15, -0.1) is 11.3 Å². The molecule has 136 valence electrons. The molecule has 0 bridgehead atoms. The Labute approximate surface area is 158 Å². The molecule has 2 aromatic carbocycles. The van der Waals surface area contributed by atoms with E-state index in [2.05, 4.69) is 17.4 Å². The van der Waals surface area contributed by atoms with E-state index in [1.54, 1.807) is 11.3 Å². The lowest BCUT2D eigenvalue weighted by Crippen LogP contribution is -2.31. The number of aliphatic hydroxyl groups is 1. The van der Waals surface area contributed by atoms with Crippen molar-refractivity contribution in [2.75, 3.05) is 18.9 Å². The summed E-state index contributed by atoms with van der Waals surface area (Å²) in [5, 5.41) is 16.3. The number of benzene rings is 2. The van der Waals surface area contributed by atoms with E-state index in [9.17, 15) is 5.11 Å². The minimum Gasteiger partial charge on any atom is -0.491 e. The summed E-state index contributed by atoms with van der Waals surface area (Å²) in [7, 11) is 0. The molecule has 5 heteroatoms. The summed E-state index contributed by atoms with van der Waals surface area (Å²) >= 11 is 1.54. The number of ether oxygens (including phenoxy) is 1. The van der Waals surface area contributed by atoms with Crippen LogP contribution in [0.5, 0.6) is 5.75 Å². The average molecular weight is 369 g/mol. The SMILES string of the molecule is Cc1cccc(OCC(O)CNCc2ccccc2-c2ccsc2N)c1.